The second-order valence-electron chi connectivity index (χ2n) is 4.47. The van der Waals surface area contributed by atoms with Gasteiger partial charge in [0, 0.05) is 23.8 Å². The van der Waals surface area contributed by atoms with Crippen LogP contribution in [0.15, 0.2) is 42.6 Å². The predicted molar refractivity (Wildman–Crippen MR) is 77.9 cm³/mol. The van der Waals surface area contributed by atoms with E-state index in [1.54, 1.807) is 12.1 Å². The Hall–Kier alpha value is -1.91. The molecule has 0 bridgehead atoms. The fourth-order valence-electron chi connectivity index (χ4n) is 1.85. The van der Waals surface area contributed by atoms with Gasteiger partial charge in [0.1, 0.15) is 0 Å². The molecule has 0 saturated heterocycles. The smallest absolute Gasteiger partial charge is 0.337 e. The summed E-state index contributed by atoms with van der Waals surface area (Å²) in [6.07, 6.45) is 1.36. The van der Waals surface area contributed by atoms with Crippen LogP contribution in [0.25, 0.3) is 0 Å². The van der Waals surface area contributed by atoms with E-state index in [4.69, 9.17) is 16.7 Å². The van der Waals surface area contributed by atoms with Crippen LogP contribution in [0.1, 0.15) is 34.6 Å². The van der Waals surface area contributed by atoms with E-state index in [2.05, 4.69) is 10.3 Å². The van der Waals surface area contributed by atoms with E-state index in [1.165, 1.54) is 6.20 Å². The monoisotopic (exact) mass is 290 g/mol. The Morgan fingerprint density at radius 3 is 2.70 bits per heavy atom. The summed E-state index contributed by atoms with van der Waals surface area (Å²) in [5.41, 5.74) is 2.00. The number of carboxylic acid groups (broad SMARTS) is 1. The zero-order chi connectivity index (χ0) is 14.5. The minimum atomic E-state index is -0.971. The van der Waals surface area contributed by atoms with Crippen molar-refractivity contribution in [2.75, 3.05) is 0 Å². The maximum atomic E-state index is 10.7. The molecule has 1 aromatic carbocycles. The first kappa shape index (κ1) is 14.5. The summed E-state index contributed by atoms with van der Waals surface area (Å²) in [5.74, 6) is -0.971. The summed E-state index contributed by atoms with van der Waals surface area (Å²) in [5, 5.41) is 12.8. The molecule has 0 aliphatic carbocycles. The third-order valence-corrected chi connectivity index (χ3v) is 3.38. The number of pyridine rings is 1. The Morgan fingerprint density at radius 2 is 2.10 bits per heavy atom. The van der Waals surface area contributed by atoms with Crippen LogP contribution in [0.5, 0.6) is 0 Å². The van der Waals surface area contributed by atoms with Crippen molar-refractivity contribution in [2.24, 2.45) is 0 Å². The number of nitrogens with one attached hydrogen (secondary N) is 1. The minimum absolute atomic E-state index is 0.0876. The van der Waals surface area contributed by atoms with E-state index in [-0.39, 0.29) is 11.6 Å². The molecule has 0 aliphatic rings. The van der Waals surface area contributed by atoms with Gasteiger partial charge in [-0.25, -0.2) is 4.79 Å². The van der Waals surface area contributed by atoms with E-state index >= 15 is 0 Å². The first-order valence-electron chi connectivity index (χ1n) is 6.24. The molecular formula is C15H15ClN2O2. The fraction of sp³-hybridized carbons (Fsp3) is 0.200. The molecule has 2 N–H and O–H groups in total. The number of aromatic carboxylic acids is 1. The summed E-state index contributed by atoms with van der Waals surface area (Å²) in [6, 6.07) is 11.0. The van der Waals surface area contributed by atoms with Crippen LogP contribution in [-0.2, 0) is 6.54 Å². The van der Waals surface area contributed by atoms with Crippen LogP contribution in [0.2, 0.25) is 5.02 Å². The molecule has 0 saturated carbocycles. The molecular weight excluding hydrogens is 276 g/mol. The van der Waals surface area contributed by atoms with Crippen molar-refractivity contribution in [1.29, 1.82) is 0 Å². The van der Waals surface area contributed by atoms with Crippen molar-refractivity contribution in [3.8, 4) is 0 Å². The standard InChI is InChI=1S/C15H15ClN2O2/c1-10(13-4-2-3-5-14(13)16)17-9-12-7-6-11(8-18-12)15(19)20/h2-8,10,17H,9H2,1H3,(H,19,20)/t10-/m1/s1. The maximum Gasteiger partial charge on any atom is 0.337 e. The van der Waals surface area contributed by atoms with Crippen LogP contribution in [0.3, 0.4) is 0 Å². The molecule has 0 amide bonds. The zero-order valence-electron chi connectivity index (χ0n) is 11.0. The molecule has 1 heterocycles. The van der Waals surface area contributed by atoms with Crippen molar-refractivity contribution < 1.29 is 9.90 Å². The zero-order valence-corrected chi connectivity index (χ0v) is 11.8. The summed E-state index contributed by atoms with van der Waals surface area (Å²) in [4.78, 5) is 14.8. The number of carbonyl (C=O) groups is 1. The quantitative estimate of drug-likeness (QED) is 0.887. The SMILES string of the molecule is C[C@@H](NCc1ccc(C(=O)O)cn1)c1ccccc1Cl. The predicted octanol–water partition coefficient (Wildman–Crippen LogP) is 3.28. The molecule has 0 aliphatic heterocycles. The van der Waals surface area contributed by atoms with Gasteiger partial charge in [0.15, 0.2) is 0 Å². The van der Waals surface area contributed by atoms with E-state index in [1.807, 2.05) is 31.2 Å². The van der Waals surface area contributed by atoms with Crippen LogP contribution >= 0.6 is 11.6 Å². The highest BCUT2D eigenvalue weighted by atomic mass is 35.5. The first-order valence-corrected chi connectivity index (χ1v) is 6.61. The molecule has 0 spiro atoms. The van der Waals surface area contributed by atoms with E-state index in [0.29, 0.717) is 6.54 Å². The summed E-state index contributed by atoms with van der Waals surface area (Å²) in [7, 11) is 0. The van der Waals surface area contributed by atoms with Crippen LogP contribution in [0.4, 0.5) is 0 Å². The Balaban J connectivity index is 1.98. The van der Waals surface area contributed by atoms with Crippen molar-refractivity contribution in [3.63, 3.8) is 0 Å². The number of hydrogen-bond acceptors (Lipinski definition) is 3. The normalized spacial score (nSPS) is 12.1. The summed E-state index contributed by atoms with van der Waals surface area (Å²) in [6.45, 7) is 2.57. The summed E-state index contributed by atoms with van der Waals surface area (Å²) < 4.78 is 0. The lowest BCUT2D eigenvalue weighted by Crippen LogP contribution is -2.19. The Kier molecular flexibility index (Phi) is 4.71. The second kappa shape index (κ2) is 6.50. The third-order valence-electron chi connectivity index (χ3n) is 3.03. The number of rotatable bonds is 5. The number of hydrogen-bond donors (Lipinski definition) is 2. The van der Waals surface area contributed by atoms with Gasteiger partial charge in [-0.1, -0.05) is 29.8 Å². The Labute approximate surface area is 122 Å². The fourth-order valence-corrected chi connectivity index (χ4v) is 2.15. The van der Waals surface area contributed by atoms with Gasteiger partial charge >= 0.3 is 5.97 Å². The number of halogens is 1. The van der Waals surface area contributed by atoms with Crippen molar-refractivity contribution in [1.82, 2.24) is 10.3 Å². The second-order valence-corrected chi connectivity index (χ2v) is 4.87. The van der Waals surface area contributed by atoms with Crippen LogP contribution in [0, 0.1) is 0 Å². The minimum Gasteiger partial charge on any atom is -0.478 e. The molecule has 5 heteroatoms. The van der Waals surface area contributed by atoms with Gasteiger partial charge in [0.05, 0.1) is 11.3 Å². The van der Waals surface area contributed by atoms with Crippen molar-refractivity contribution in [3.05, 3.63) is 64.4 Å². The van der Waals surface area contributed by atoms with Crippen LogP contribution < -0.4 is 5.32 Å². The average molecular weight is 291 g/mol. The molecule has 0 radical (unpaired) electrons. The van der Waals surface area contributed by atoms with E-state index < -0.39 is 5.97 Å². The first-order chi connectivity index (χ1) is 9.58. The van der Waals surface area contributed by atoms with Gasteiger partial charge in [-0.15, -0.1) is 0 Å². The van der Waals surface area contributed by atoms with Gasteiger partial charge in [-0.3, -0.25) is 4.98 Å². The van der Waals surface area contributed by atoms with Crippen LogP contribution in [-0.4, -0.2) is 16.1 Å². The molecule has 2 aromatic rings. The molecule has 4 nitrogen and oxygen atoms in total. The van der Waals surface area contributed by atoms with Gasteiger partial charge in [-0.2, -0.15) is 0 Å². The van der Waals surface area contributed by atoms with Crippen molar-refractivity contribution >= 4 is 17.6 Å². The largest absolute Gasteiger partial charge is 0.478 e. The van der Waals surface area contributed by atoms with Gasteiger partial charge < -0.3 is 10.4 Å². The van der Waals surface area contributed by atoms with Gasteiger partial charge in [0.25, 0.3) is 0 Å². The summed E-state index contributed by atoms with van der Waals surface area (Å²) >= 11 is 6.14. The molecule has 1 atom stereocenters. The number of carboxylic acids is 1. The van der Waals surface area contributed by atoms with E-state index in [0.717, 1.165) is 16.3 Å². The van der Waals surface area contributed by atoms with Gasteiger partial charge in [-0.05, 0) is 30.7 Å². The molecule has 0 unspecified atom stereocenters. The number of aromatic nitrogens is 1. The number of benzene rings is 1. The maximum absolute atomic E-state index is 10.7. The molecule has 20 heavy (non-hydrogen) atoms. The molecule has 2 rings (SSSR count). The lowest BCUT2D eigenvalue weighted by Gasteiger charge is -2.15. The molecule has 1 aromatic heterocycles. The van der Waals surface area contributed by atoms with Gasteiger partial charge in [0.2, 0.25) is 0 Å². The molecule has 0 fully saturated rings. The number of nitrogens with zero attached hydrogens (tertiary/aromatic N) is 1. The highest BCUT2D eigenvalue weighted by Crippen LogP contribution is 2.22. The molecule has 104 valence electrons. The Morgan fingerprint density at radius 1 is 1.35 bits per heavy atom. The lowest BCUT2D eigenvalue weighted by atomic mass is 10.1. The van der Waals surface area contributed by atoms with Crippen molar-refractivity contribution in [2.45, 2.75) is 19.5 Å². The third kappa shape index (κ3) is 3.56. The lowest BCUT2D eigenvalue weighted by molar-refractivity contribution is 0.0696. The highest BCUT2D eigenvalue weighted by molar-refractivity contribution is 6.31. The Bertz CT molecular complexity index is 599. The highest BCUT2D eigenvalue weighted by Gasteiger charge is 2.09. The van der Waals surface area contributed by atoms with E-state index in [9.17, 15) is 4.79 Å². The average Bonchev–Trinajstić information content (AvgIpc) is 2.45. The topological polar surface area (TPSA) is 62.2 Å².